The molecule has 0 spiro atoms. The molecule has 2 heterocycles. The maximum absolute atomic E-state index is 12.0. The monoisotopic (exact) mass is 242 g/mol. The largest absolute Gasteiger partial charge is 0.444 e. The summed E-state index contributed by atoms with van der Waals surface area (Å²) in [5, 5.41) is 9.37. The van der Waals surface area contributed by atoms with Gasteiger partial charge in [-0.05, 0) is 34.2 Å². The van der Waals surface area contributed by atoms with Gasteiger partial charge in [0, 0.05) is 12.6 Å². The molecule has 98 valence electrons. The van der Waals surface area contributed by atoms with Gasteiger partial charge in [-0.3, -0.25) is 4.90 Å². The number of aliphatic hydroxyl groups is 1. The van der Waals surface area contributed by atoms with Gasteiger partial charge in [0.25, 0.3) is 0 Å². The van der Waals surface area contributed by atoms with Crippen LogP contribution in [0.3, 0.4) is 0 Å². The van der Waals surface area contributed by atoms with Crippen LogP contribution in [0.15, 0.2) is 0 Å². The number of carbonyl (C=O) groups is 1. The molecule has 2 saturated heterocycles. The van der Waals surface area contributed by atoms with Crippen LogP contribution in [0.1, 0.15) is 27.2 Å². The van der Waals surface area contributed by atoms with Crippen molar-refractivity contribution in [1.82, 2.24) is 9.80 Å². The van der Waals surface area contributed by atoms with E-state index in [0.29, 0.717) is 12.6 Å². The molecule has 0 aromatic carbocycles. The predicted octanol–water partition coefficient (Wildman–Crippen LogP) is 0.671. The number of aliphatic hydroxyl groups excluding tert-OH is 1. The third kappa shape index (κ3) is 2.26. The first-order valence-corrected chi connectivity index (χ1v) is 6.16. The van der Waals surface area contributed by atoms with Gasteiger partial charge in [-0.2, -0.15) is 0 Å². The molecule has 2 rings (SSSR count). The van der Waals surface area contributed by atoms with Crippen LogP contribution in [0, 0.1) is 0 Å². The SMILES string of the molecule is CN1[C@H]2C[C@@H]([C@@H]1CO)N(C(=O)OC(C)(C)C)C2. The van der Waals surface area contributed by atoms with Crippen LogP contribution in [0.2, 0.25) is 0 Å². The zero-order valence-electron chi connectivity index (χ0n) is 11.0. The molecule has 1 N–H and O–H groups in total. The number of nitrogens with zero attached hydrogens (tertiary/aromatic N) is 2. The van der Waals surface area contributed by atoms with E-state index in [4.69, 9.17) is 4.74 Å². The molecular formula is C12H22N2O3. The molecule has 5 heteroatoms. The molecule has 3 atom stereocenters. The molecule has 0 aromatic rings. The Morgan fingerprint density at radius 3 is 2.59 bits per heavy atom. The maximum Gasteiger partial charge on any atom is 0.410 e. The minimum absolute atomic E-state index is 0.0567. The fourth-order valence-corrected chi connectivity index (χ4v) is 2.83. The van der Waals surface area contributed by atoms with Crippen molar-refractivity contribution in [2.75, 3.05) is 20.2 Å². The number of fused-ring (bicyclic) bond motifs is 2. The molecule has 2 aliphatic heterocycles. The van der Waals surface area contributed by atoms with Gasteiger partial charge in [0.1, 0.15) is 5.60 Å². The van der Waals surface area contributed by atoms with Gasteiger partial charge in [0.15, 0.2) is 0 Å². The molecule has 0 unspecified atom stereocenters. The minimum atomic E-state index is -0.459. The summed E-state index contributed by atoms with van der Waals surface area (Å²) in [5.41, 5.74) is -0.459. The Hall–Kier alpha value is -0.810. The van der Waals surface area contributed by atoms with Crippen LogP contribution in [-0.2, 0) is 4.74 Å². The molecule has 17 heavy (non-hydrogen) atoms. The number of ether oxygens (including phenoxy) is 1. The van der Waals surface area contributed by atoms with E-state index in [1.165, 1.54) is 0 Å². The smallest absolute Gasteiger partial charge is 0.410 e. The lowest BCUT2D eigenvalue weighted by Crippen LogP contribution is -2.55. The minimum Gasteiger partial charge on any atom is -0.444 e. The van der Waals surface area contributed by atoms with Gasteiger partial charge in [0.05, 0.1) is 18.7 Å². The zero-order chi connectivity index (χ0) is 12.8. The van der Waals surface area contributed by atoms with Crippen molar-refractivity contribution < 1.29 is 14.6 Å². The van der Waals surface area contributed by atoms with Gasteiger partial charge >= 0.3 is 6.09 Å². The molecule has 1 amide bonds. The number of likely N-dealkylation sites (tertiary alicyclic amines) is 2. The van der Waals surface area contributed by atoms with Gasteiger partial charge in [0.2, 0.25) is 0 Å². The van der Waals surface area contributed by atoms with E-state index < -0.39 is 5.60 Å². The standard InChI is InChI=1S/C12H22N2O3/c1-12(2,3)17-11(16)14-6-8-5-9(14)10(7-15)13(8)4/h8-10,15H,5-7H2,1-4H3/t8-,9-,10-/m0/s1. The zero-order valence-corrected chi connectivity index (χ0v) is 11.0. The fraction of sp³-hybridized carbons (Fsp3) is 0.917. The Kier molecular flexibility index (Phi) is 3.08. The lowest BCUT2D eigenvalue weighted by atomic mass is 10.1. The number of carbonyl (C=O) groups excluding carboxylic acids is 1. The Morgan fingerprint density at radius 1 is 1.47 bits per heavy atom. The van der Waals surface area contributed by atoms with Crippen LogP contribution in [-0.4, -0.2) is 64.9 Å². The number of hydrogen-bond donors (Lipinski definition) is 1. The number of hydrogen-bond acceptors (Lipinski definition) is 4. The van der Waals surface area contributed by atoms with Crippen LogP contribution in [0.5, 0.6) is 0 Å². The summed E-state index contributed by atoms with van der Waals surface area (Å²) in [6.45, 7) is 6.42. The molecular weight excluding hydrogens is 220 g/mol. The number of piperazine rings is 1. The Bertz CT molecular complexity index is 313. The van der Waals surface area contributed by atoms with Crippen molar-refractivity contribution in [3.63, 3.8) is 0 Å². The van der Waals surface area contributed by atoms with Gasteiger partial charge in [-0.1, -0.05) is 0 Å². The molecule has 2 aliphatic rings. The van der Waals surface area contributed by atoms with Crippen molar-refractivity contribution in [3.05, 3.63) is 0 Å². The summed E-state index contributed by atoms with van der Waals surface area (Å²) >= 11 is 0. The molecule has 2 fully saturated rings. The summed E-state index contributed by atoms with van der Waals surface area (Å²) in [7, 11) is 2.01. The lowest BCUT2D eigenvalue weighted by Gasteiger charge is -2.38. The van der Waals surface area contributed by atoms with E-state index in [9.17, 15) is 9.90 Å². The quantitative estimate of drug-likeness (QED) is 0.734. The Balaban J connectivity index is 2.03. The summed E-state index contributed by atoms with van der Waals surface area (Å²) in [5.74, 6) is 0. The van der Waals surface area contributed by atoms with E-state index in [-0.39, 0.29) is 24.8 Å². The van der Waals surface area contributed by atoms with E-state index in [1.54, 1.807) is 4.90 Å². The van der Waals surface area contributed by atoms with Gasteiger partial charge < -0.3 is 14.7 Å². The van der Waals surface area contributed by atoms with E-state index in [2.05, 4.69) is 4.90 Å². The summed E-state index contributed by atoms with van der Waals surface area (Å²) < 4.78 is 5.39. The lowest BCUT2D eigenvalue weighted by molar-refractivity contribution is -0.00137. The highest BCUT2D eigenvalue weighted by atomic mass is 16.6. The first kappa shape index (κ1) is 12.6. The number of rotatable bonds is 1. The normalized spacial score (nSPS) is 33.2. The Morgan fingerprint density at radius 2 is 2.12 bits per heavy atom. The molecule has 0 aromatic heterocycles. The number of amides is 1. The predicted molar refractivity (Wildman–Crippen MR) is 63.8 cm³/mol. The van der Waals surface area contributed by atoms with Crippen molar-refractivity contribution in [2.24, 2.45) is 0 Å². The highest BCUT2D eigenvalue weighted by molar-refractivity contribution is 5.69. The highest BCUT2D eigenvalue weighted by Crippen LogP contribution is 2.35. The molecule has 0 saturated carbocycles. The van der Waals surface area contributed by atoms with Gasteiger partial charge in [-0.15, -0.1) is 0 Å². The summed E-state index contributed by atoms with van der Waals surface area (Å²) in [6.07, 6.45) is 0.692. The molecule has 0 aliphatic carbocycles. The van der Waals surface area contributed by atoms with Crippen LogP contribution < -0.4 is 0 Å². The first-order valence-electron chi connectivity index (χ1n) is 6.16. The summed E-state index contributed by atoms with van der Waals surface area (Å²) in [6, 6.07) is 0.524. The van der Waals surface area contributed by atoms with E-state index in [1.807, 2.05) is 27.8 Å². The second-order valence-electron chi connectivity index (χ2n) is 6.00. The fourth-order valence-electron chi connectivity index (χ4n) is 2.83. The second-order valence-corrected chi connectivity index (χ2v) is 6.00. The van der Waals surface area contributed by atoms with Crippen molar-refractivity contribution >= 4 is 6.09 Å². The maximum atomic E-state index is 12.0. The summed E-state index contributed by atoms with van der Waals surface area (Å²) in [4.78, 5) is 16.0. The van der Waals surface area contributed by atoms with E-state index in [0.717, 1.165) is 6.42 Å². The van der Waals surface area contributed by atoms with E-state index >= 15 is 0 Å². The van der Waals surface area contributed by atoms with Crippen molar-refractivity contribution in [2.45, 2.75) is 50.9 Å². The molecule has 0 radical (unpaired) electrons. The van der Waals surface area contributed by atoms with Crippen molar-refractivity contribution in [1.29, 1.82) is 0 Å². The third-order valence-electron chi connectivity index (χ3n) is 3.68. The average Bonchev–Trinajstić information content (AvgIpc) is 2.72. The first-order chi connectivity index (χ1) is 7.83. The highest BCUT2D eigenvalue weighted by Gasteiger charge is 2.50. The average molecular weight is 242 g/mol. The van der Waals surface area contributed by atoms with Crippen LogP contribution >= 0.6 is 0 Å². The third-order valence-corrected chi connectivity index (χ3v) is 3.68. The topological polar surface area (TPSA) is 53.0 Å². The van der Waals surface area contributed by atoms with Crippen LogP contribution in [0.4, 0.5) is 4.79 Å². The van der Waals surface area contributed by atoms with Crippen LogP contribution in [0.25, 0.3) is 0 Å². The van der Waals surface area contributed by atoms with Gasteiger partial charge in [-0.25, -0.2) is 4.79 Å². The number of likely N-dealkylation sites (N-methyl/N-ethyl adjacent to an activating group) is 1. The Labute approximate surface area is 102 Å². The molecule has 5 nitrogen and oxygen atoms in total. The molecule has 2 bridgehead atoms. The van der Waals surface area contributed by atoms with Crippen molar-refractivity contribution in [3.8, 4) is 0 Å². The second kappa shape index (κ2) is 4.14.